The van der Waals surface area contributed by atoms with Gasteiger partial charge in [0.15, 0.2) is 0 Å². The molecule has 0 heterocycles. The van der Waals surface area contributed by atoms with Crippen LogP contribution in [0.4, 0.5) is 0 Å². The van der Waals surface area contributed by atoms with Gasteiger partial charge in [0.2, 0.25) is 0 Å². The van der Waals surface area contributed by atoms with E-state index in [0.29, 0.717) is 0 Å². The Morgan fingerprint density at radius 1 is 0.941 bits per heavy atom. The standard InChI is InChI=1S/C16H18S/c1-3-12-7-5-9-14(11-12)15-10-6-8-13(4-2)16(15)17/h5-11,17H,3-4H2,1-2H3. The zero-order chi connectivity index (χ0) is 12.3. The van der Waals surface area contributed by atoms with Gasteiger partial charge in [-0.25, -0.2) is 0 Å². The first kappa shape index (κ1) is 12.3. The fourth-order valence-electron chi connectivity index (χ4n) is 2.07. The van der Waals surface area contributed by atoms with Gasteiger partial charge in [-0.3, -0.25) is 0 Å². The number of thiol groups is 1. The van der Waals surface area contributed by atoms with Crippen molar-refractivity contribution in [3.8, 4) is 11.1 Å². The van der Waals surface area contributed by atoms with Crippen LogP contribution in [0.25, 0.3) is 11.1 Å². The molecule has 2 aromatic carbocycles. The molecule has 17 heavy (non-hydrogen) atoms. The lowest BCUT2D eigenvalue weighted by Crippen LogP contribution is -1.88. The number of hydrogen-bond acceptors (Lipinski definition) is 1. The van der Waals surface area contributed by atoms with E-state index in [1.807, 2.05) is 0 Å². The molecule has 0 saturated heterocycles. The number of hydrogen-bond donors (Lipinski definition) is 1. The van der Waals surface area contributed by atoms with E-state index in [4.69, 9.17) is 0 Å². The lowest BCUT2D eigenvalue weighted by atomic mass is 9.99. The zero-order valence-electron chi connectivity index (χ0n) is 10.4. The quantitative estimate of drug-likeness (QED) is 0.737. The van der Waals surface area contributed by atoms with Crippen molar-refractivity contribution >= 4 is 12.6 Å². The van der Waals surface area contributed by atoms with Gasteiger partial charge in [-0.1, -0.05) is 56.3 Å². The Balaban J connectivity index is 2.52. The van der Waals surface area contributed by atoms with Crippen LogP contribution >= 0.6 is 12.6 Å². The van der Waals surface area contributed by atoms with E-state index >= 15 is 0 Å². The highest BCUT2D eigenvalue weighted by Gasteiger charge is 2.05. The van der Waals surface area contributed by atoms with E-state index in [9.17, 15) is 0 Å². The Kier molecular flexibility index (Phi) is 3.90. The summed E-state index contributed by atoms with van der Waals surface area (Å²) >= 11 is 4.67. The molecule has 0 saturated carbocycles. The second-order valence-electron chi connectivity index (χ2n) is 4.22. The third-order valence-corrected chi connectivity index (χ3v) is 3.67. The van der Waals surface area contributed by atoms with Gasteiger partial charge in [0, 0.05) is 4.90 Å². The summed E-state index contributed by atoms with van der Waals surface area (Å²) in [6.07, 6.45) is 2.10. The van der Waals surface area contributed by atoms with Crippen LogP contribution < -0.4 is 0 Å². The minimum Gasteiger partial charge on any atom is -0.143 e. The van der Waals surface area contributed by atoms with Crippen LogP contribution in [0, 0.1) is 0 Å². The number of benzene rings is 2. The average molecular weight is 242 g/mol. The Labute approximate surface area is 109 Å². The van der Waals surface area contributed by atoms with E-state index < -0.39 is 0 Å². The molecule has 0 bridgehead atoms. The summed E-state index contributed by atoms with van der Waals surface area (Å²) in [6, 6.07) is 15.1. The highest BCUT2D eigenvalue weighted by Crippen LogP contribution is 2.30. The molecule has 0 radical (unpaired) electrons. The second kappa shape index (κ2) is 5.42. The van der Waals surface area contributed by atoms with Gasteiger partial charge in [0.1, 0.15) is 0 Å². The molecule has 0 atom stereocenters. The van der Waals surface area contributed by atoms with E-state index in [0.717, 1.165) is 17.7 Å². The van der Waals surface area contributed by atoms with Crippen LogP contribution in [0.2, 0.25) is 0 Å². The van der Waals surface area contributed by atoms with Crippen LogP contribution in [0.15, 0.2) is 47.4 Å². The molecule has 0 amide bonds. The van der Waals surface area contributed by atoms with Crippen LogP contribution in [0.1, 0.15) is 25.0 Å². The molecule has 2 rings (SSSR count). The predicted molar refractivity (Wildman–Crippen MR) is 77.9 cm³/mol. The van der Waals surface area contributed by atoms with E-state index in [1.165, 1.54) is 22.3 Å². The maximum Gasteiger partial charge on any atom is 0.0151 e. The topological polar surface area (TPSA) is 0 Å². The fraction of sp³-hybridized carbons (Fsp3) is 0.250. The largest absolute Gasteiger partial charge is 0.143 e. The number of rotatable bonds is 3. The molecule has 2 aromatic rings. The van der Waals surface area contributed by atoms with Gasteiger partial charge in [0.25, 0.3) is 0 Å². The number of aryl methyl sites for hydroxylation is 2. The Hall–Kier alpha value is -1.21. The molecule has 88 valence electrons. The first-order chi connectivity index (χ1) is 8.26. The van der Waals surface area contributed by atoms with Crippen molar-refractivity contribution < 1.29 is 0 Å². The van der Waals surface area contributed by atoms with Gasteiger partial charge in [0.05, 0.1) is 0 Å². The van der Waals surface area contributed by atoms with Crippen molar-refractivity contribution in [1.82, 2.24) is 0 Å². The van der Waals surface area contributed by atoms with Crippen LogP contribution in [-0.2, 0) is 12.8 Å². The van der Waals surface area contributed by atoms with Crippen molar-refractivity contribution in [2.75, 3.05) is 0 Å². The van der Waals surface area contributed by atoms with E-state index in [-0.39, 0.29) is 0 Å². The third kappa shape index (κ3) is 2.55. The molecule has 0 spiro atoms. The minimum atomic E-state index is 1.03. The van der Waals surface area contributed by atoms with Crippen molar-refractivity contribution in [2.24, 2.45) is 0 Å². The highest BCUT2D eigenvalue weighted by atomic mass is 32.1. The molecular weight excluding hydrogens is 224 g/mol. The molecule has 0 aliphatic carbocycles. The van der Waals surface area contributed by atoms with Gasteiger partial charge in [-0.15, -0.1) is 12.6 Å². The van der Waals surface area contributed by atoms with Gasteiger partial charge in [-0.2, -0.15) is 0 Å². The molecule has 0 aromatic heterocycles. The summed E-state index contributed by atoms with van der Waals surface area (Å²) in [6.45, 7) is 4.35. The summed E-state index contributed by atoms with van der Waals surface area (Å²) in [7, 11) is 0. The summed E-state index contributed by atoms with van der Waals surface area (Å²) < 4.78 is 0. The normalized spacial score (nSPS) is 10.5. The first-order valence-corrected chi connectivity index (χ1v) is 6.61. The molecule has 1 heteroatoms. The monoisotopic (exact) mass is 242 g/mol. The molecular formula is C16H18S. The summed E-state index contributed by atoms with van der Waals surface area (Å²) in [5.41, 5.74) is 5.19. The molecule has 0 unspecified atom stereocenters. The SMILES string of the molecule is CCc1cccc(-c2cccc(CC)c2S)c1. The Bertz CT molecular complexity index is 515. The summed E-state index contributed by atoms with van der Waals surface area (Å²) in [4.78, 5) is 1.11. The van der Waals surface area contributed by atoms with Crippen LogP contribution in [-0.4, -0.2) is 0 Å². The van der Waals surface area contributed by atoms with Crippen LogP contribution in [0.5, 0.6) is 0 Å². The molecule has 0 nitrogen and oxygen atoms in total. The highest BCUT2D eigenvalue weighted by molar-refractivity contribution is 7.80. The fourth-order valence-corrected chi connectivity index (χ4v) is 2.50. The van der Waals surface area contributed by atoms with E-state index in [2.05, 4.69) is 68.9 Å². The van der Waals surface area contributed by atoms with E-state index in [1.54, 1.807) is 0 Å². The average Bonchev–Trinajstić information content (AvgIpc) is 2.39. The van der Waals surface area contributed by atoms with Gasteiger partial charge >= 0.3 is 0 Å². The van der Waals surface area contributed by atoms with Gasteiger partial charge in [-0.05, 0) is 35.1 Å². The third-order valence-electron chi connectivity index (χ3n) is 3.15. The first-order valence-electron chi connectivity index (χ1n) is 6.16. The van der Waals surface area contributed by atoms with Crippen molar-refractivity contribution in [2.45, 2.75) is 31.6 Å². The Morgan fingerprint density at radius 2 is 1.71 bits per heavy atom. The lowest BCUT2D eigenvalue weighted by molar-refractivity contribution is 1.09. The molecule has 0 aliphatic rings. The zero-order valence-corrected chi connectivity index (χ0v) is 11.3. The molecule has 0 fully saturated rings. The minimum absolute atomic E-state index is 1.03. The van der Waals surface area contributed by atoms with Crippen molar-refractivity contribution in [1.29, 1.82) is 0 Å². The van der Waals surface area contributed by atoms with Crippen molar-refractivity contribution in [3.05, 3.63) is 53.6 Å². The summed E-state index contributed by atoms with van der Waals surface area (Å²) in [5.74, 6) is 0. The lowest BCUT2D eigenvalue weighted by Gasteiger charge is -2.10. The summed E-state index contributed by atoms with van der Waals surface area (Å²) in [5, 5.41) is 0. The van der Waals surface area contributed by atoms with Gasteiger partial charge < -0.3 is 0 Å². The second-order valence-corrected chi connectivity index (χ2v) is 4.67. The maximum absolute atomic E-state index is 4.67. The smallest absolute Gasteiger partial charge is 0.0151 e. The molecule has 0 aliphatic heterocycles. The van der Waals surface area contributed by atoms with Crippen molar-refractivity contribution in [3.63, 3.8) is 0 Å². The van der Waals surface area contributed by atoms with Crippen LogP contribution in [0.3, 0.4) is 0 Å². The molecule has 0 N–H and O–H groups in total. The maximum atomic E-state index is 4.67. The Morgan fingerprint density at radius 3 is 2.41 bits per heavy atom. The predicted octanol–water partition coefficient (Wildman–Crippen LogP) is 4.77.